The second kappa shape index (κ2) is 6.01. The summed E-state index contributed by atoms with van der Waals surface area (Å²) in [5.74, 6) is 4.04. The SMILES string of the molecule is CCCCCC1CC2CC(C)(CC)C(C)(C(C)CC)[C@@H]12. The molecule has 0 spiro atoms. The molecule has 2 aliphatic rings. The van der Waals surface area contributed by atoms with Gasteiger partial charge in [0.15, 0.2) is 0 Å². The molecule has 0 aromatic rings. The van der Waals surface area contributed by atoms with Crippen LogP contribution in [0, 0.1) is 34.5 Å². The summed E-state index contributed by atoms with van der Waals surface area (Å²) in [6, 6.07) is 0. The summed E-state index contributed by atoms with van der Waals surface area (Å²) in [6.07, 6.45) is 11.6. The van der Waals surface area contributed by atoms with Crippen LogP contribution in [-0.2, 0) is 0 Å². The first-order chi connectivity index (χ1) is 9.44. The molecule has 20 heavy (non-hydrogen) atoms. The first-order valence-electron chi connectivity index (χ1n) is 9.44. The van der Waals surface area contributed by atoms with Crippen LogP contribution in [-0.4, -0.2) is 0 Å². The number of unbranched alkanes of at least 4 members (excludes halogenated alkanes) is 2. The van der Waals surface area contributed by atoms with Crippen LogP contribution in [0.4, 0.5) is 0 Å². The third-order valence-corrected chi connectivity index (χ3v) is 7.92. The zero-order chi connectivity index (χ0) is 15.0. The molecular weight excluding hydrogens is 240 g/mol. The fourth-order valence-corrected chi connectivity index (χ4v) is 6.09. The Kier molecular flexibility index (Phi) is 4.92. The summed E-state index contributed by atoms with van der Waals surface area (Å²) in [5, 5.41) is 0. The van der Waals surface area contributed by atoms with Gasteiger partial charge in [-0.05, 0) is 47.3 Å². The highest BCUT2D eigenvalue weighted by Crippen LogP contribution is 2.72. The second-order valence-corrected chi connectivity index (χ2v) is 8.49. The molecule has 0 aromatic heterocycles. The molecule has 0 amide bonds. The molecule has 118 valence electrons. The van der Waals surface area contributed by atoms with Gasteiger partial charge in [0.2, 0.25) is 0 Å². The van der Waals surface area contributed by atoms with Crippen LogP contribution in [0.1, 0.15) is 92.9 Å². The van der Waals surface area contributed by atoms with Crippen LogP contribution < -0.4 is 0 Å². The molecule has 6 atom stereocenters. The van der Waals surface area contributed by atoms with Gasteiger partial charge in [-0.3, -0.25) is 0 Å². The average Bonchev–Trinajstić information content (AvgIpc) is 2.60. The third-order valence-electron chi connectivity index (χ3n) is 7.92. The smallest absolute Gasteiger partial charge is 0.0213 e. The Labute approximate surface area is 128 Å². The molecular formula is C20H38. The van der Waals surface area contributed by atoms with Crippen molar-refractivity contribution in [2.75, 3.05) is 0 Å². The van der Waals surface area contributed by atoms with Crippen molar-refractivity contribution in [2.45, 2.75) is 92.9 Å². The number of fused-ring (bicyclic) bond motifs is 1. The summed E-state index contributed by atoms with van der Waals surface area (Å²) in [4.78, 5) is 0. The maximum Gasteiger partial charge on any atom is -0.0213 e. The van der Waals surface area contributed by atoms with Gasteiger partial charge in [0, 0.05) is 0 Å². The van der Waals surface area contributed by atoms with E-state index in [2.05, 4.69) is 41.5 Å². The zero-order valence-electron chi connectivity index (χ0n) is 15.0. The summed E-state index contributed by atoms with van der Waals surface area (Å²) in [7, 11) is 0. The monoisotopic (exact) mass is 278 g/mol. The maximum absolute atomic E-state index is 2.67. The van der Waals surface area contributed by atoms with Crippen LogP contribution >= 0.6 is 0 Å². The fourth-order valence-electron chi connectivity index (χ4n) is 6.09. The molecule has 0 aliphatic heterocycles. The van der Waals surface area contributed by atoms with Crippen molar-refractivity contribution in [3.63, 3.8) is 0 Å². The van der Waals surface area contributed by atoms with Crippen molar-refractivity contribution < 1.29 is 0 Å². The van der Waals surface area contributed by atoms with Gasteiger partial charge in [0.1, 0.15) is 0 Å². The van der Waals surface area contributed by atoms with Crippen LogP contribution in [0.15, 0.2) is 0 Å². The predicted molar refractivity (Wildman–Crippen MR) is 89.8 cm³/mol. The quantitative estimate of drug-likeness (QED) is 0.455. The first-order valence-corrected chi connectivity index (χ1v) is 9.44. The number of hydrogen-bond donors (Lipinski definition) is 0. The van der Waals surface area contributed by atoms with Gasteiger partial charge >= 0.3 is 0 Å². The lowest BCUT2D eigenvalue weighted by molar-refractivity contribution is -0.0628. The summed E-state index contributed by atoms with van der Waals surface area (Å²) >= 11 is 0. The van der Waals surface area contributed by atoms with Crippen LogP contribution in [0.2, 0.25) is 0 Å². The topological polar surface area (TPSA) is 0 Å². The average molecular weight is 279 g/mol. The van der Waals surface area contributed by atoms with Gasteiger partial charge in [-0.1, -0.05) is 80.1 Å². The van der Waals surface area contributed by atoms with Crippen molar-refractivity contribution in [2.24, 2.45) is 34.5 Å². The number of rotatable bonds is 7. The minimum atomic E-state index is 0.594. The lowest BCUT2D eigenvalue weighted by Crippen LogP contribution is -2.48. The highest BCUT2D eigenvalue weighted by atomic mass is 14.7. The van der Waals surface area contributed by atoms with Crippen LogP contribution in [0.3, 0.4) is 0 Å². The molecule has 2 fully saturated rings. The normalized spacial score (nSPS) is 45.0. The third kappa shape index (κ3) is 2.26. The Morgan fingerprint density at radius 3 is 2.35 bits per heavy atom. The Bertz CT molecular complexity index is 318. The van der Waals surface area contributed by atoms with Gasteiger partial charge in [0.05, 0.1) is 0 Å². The molecule has 0 heteroatoms. The highest BCUT2D eigenvalue weighted by molar-refractivity contribution is 5.13. The first kappa shape index (κ1) is 16.4. The molecule has 0 N–H and O–H groups in total. The molecule has 0 bridgehead atoms. The van der Waals surface area contributed by atoms with Gasteiger partial charge in [-0.2, -0.15) is 0 Å². The van der Waals surface area contributed by atoms with E-state index in [0.29, 0.717) is 10.8 Å². The van der Waals surface area contributed by atoms with Crippen molar-refractivity contribution in [1.29, 1.82) is 0 Å². The largest absolute Gasteiger partial charge is 0.0654 e. The van der Waals surface area contributed by atoms with E-state index in [9.17, 15) is 0 Å². The van der Waals surface area contributed by atoms with Gasteiger partial charge in [-0.25, -0.2) is 0 Å². The van der Waals surface area contributed by atoms with E-state index in [1.807, 2.05) is 0 Å². The fraction of sp³-hybridized carbons (Fsp3) is 1.00. The summed E-state index contributed by atoms with van der Waals surface area (Å²) in [6.45, 7) is 15.0. The molecule has 0 saturated heterocycles. The molecule has 5 unspecified atom stereocenters. The van der Waals surface area contributed by atoms with Crippen molar-refractivity contribution >= 4 is 0 Å². The minimum absolute atomic E-state index is 0.594. The van der Waals surface area contributed by atoms with E-state index in [-0.39, 0.29) is 0 Å². The molecule has 2 rings (SSSR count). The second-order valence-electron chi connectivity index (χ2n) is 8.49. The van der Waals surface area contributed by atoms with Crippen molar-refractivity contribution in [3.05, 3.63) is 0 Å². The van der Waals surface area contributed by atoms with Gasteiger partial charge in [-0.15, -0.1) is 0 Å². The Hall–Kier alpha value is 0. The van der Waals surface area contributed by atoms with E-state index in [0.717, 1.165) is 23.7 Å². The van der Waals surface area contributed by atoms with Gasteiger partial charge < -0.3 is 0 Å². The number of hydrogen-bond acceptors (Lipinski definition) is 0. The Morgan fingerprint density at radius 2 is 1.80 bits per heavy atom. The zero-order valence-corrected chi connectivity index (χ0v) is 15.0. The highest BCUT2D eigenvalue weighted by Gasteiger charge is 2.65. The van der Waals surface area contributed by atoms with Crippen LogP contribution in [0.5, 0.6) is 0 Å². The molecule has 2 saturated carbocycles. The molecule has 0 heterocycles. The standard InChI is InChI=1S/C20H38/c1-7-10-11-12-16-13-17-14-19(5,9-3)20(6,18(16)17)15(4)8-2/h15-18H,7-14H2,1-6H3/t15?,16?,17?,18-,19?,20?/m0/s1. The molecule has 0 nitrogen and oxygen atoms in total. The predicted octanol–water partition coefficient (Wildman–Crippen LogP) is 6.69. The van der Waals surface area contributed by atoms with Crippen molar-refractivity contribution in [1.82, 2.24) is 0 Å². The van der Waals surface area contributed by atoms with E-state index >= 15 is 0 Å². The van der Waals surface area contributed by atoms with E-state index in [1.165, 1.54) is 44.9 Å². The van der Waals surface area contributed by atoms with E-state index in [4.69, 9.17) is 0 Å². The molecule has 2 aliphatic carbocycles. The van der Waals surface area contributed by atoms with E-state index < -0.39 is 0 Å². The summed E-state index contributed by atoms with van der Waals surface area (Å²) in [5.41, 5.74) is 1.19. The van der Waals surface area contributed by atoms with E-state index in [1.54, 1.807) is 6.42 Å². The molecule has 0 radical (unpaired) electrons. The maximum atomic E-state index is 2.67. The lowest BCUT2D eigenvalue weighted by Gasteiger charge is -2.54. The lowest BCUT2D eigenvalue weighted by atomic mass is 9.50. The minimum Gasteiger partial charge on any atom is -0.0654 e. The van der Waals surface area contributed by atoms with Crippen LogP contribution in [0.25, 0.3) is 0 Å². The van der Waals surface area contributed by atoms with Crippen molar-refractivity contribution in [3.8, 4) is 0 Å². The Balaban J connectivity index is 2.15. The summed E-state index contributed by atoms with van der Waals surface area (Å²) < 4.78 is 0. The van der Waals surface area contributed by atoms with Gasteiger partial charge in [0.25, 0.3) is 0 Å². The molecule has 0 aromatic carbocycles. The Morgan fingerprint density at radius 1 is 1.10 bits per heavy atom.